The van der Waals surface area contributed by atoms with Crippen LogP contribution in [0.15, 0.2) is 30.5 Å². The molecule has 2 aromatic heterocycles. The summed E-state index contributed by atoms with van der Waals surface area (Å²) < 4.78 is 7.12. The number of ether oxygens (including phenoxy) is 1. The molecule has 0 aliphatic carbocycles. The first-order chi connectivity index (χ1) is 14.2. The number of nitrogens with zero attached hydrogens (tertiary/aromatic N) is 3. The van der Waals surface area contributed by atoms with E-state index < -0.39 is 5.97 Å². The molecule has 0 spiro atoms. The summed E-state index contributed by atoms with van der Waals surface area (Å²) in [5.41, 5.74) is 4.43. The lowest BCUT2D eigenvalue weighted by atomic mass is 10.1. The minimum atomic E-state index is -0.565. The standard InChI is InChI=1S/C23H28N4O3/c1-13(2)19-10-17(18-11-24-27(14(3)4)22(18)25-19)23(29)30-12-20(28)26-21-15(5)8-7-9-16(21)6/h7-11,13-14H,12H2,1-6H3,(H,26,28). The molecule has 1 amide bonds. The van der Waals surface area contributed by atoms with Crippen molar-refractivity contribution in [2.75, 3.05) is 11.9 Å². The number of fused-ring (bicyclic) bond motifs is 1. The zero-order valence-corrected chi connectivity index (χ0v) is 18.3. The van der Waals surface area contributed by atoms with Gasteiger partial charge in [0.25, 0.3) is 5.91 Å². The minimum Gasteiger partial charge on any atom is -0.452 e. The molecule has 158 valence electrons. The van der Waals surface area contributed by atoms with Crippen molar-refractivity contribution in [3.63, 3.8) is 0 Å². The second-order valence-corrected chi connectivity index (χ2v) is 8.06. The van der Waals surface area contributed by atoms with Crippen molar-refractivity contribution in [3.05, 3.63) is 52.8 Å². The largest absolute Gasteiger partial charge is 0.452 e. The van der Waals surface area contributed by atoms with Crippen molar-refractivity contribution in [2.24, 2.45) is 0 Å². The Morgan fingerprint density at radius 1 is 1.13 bits per heavy atom. The molecular weight excluding hydrogens is 380 g/mol. The molecule has 1 N–H and O–H groups in total. The zero-order chi connectivity index (χ0) is 22.0. The predicted octanol–water partition coefficient (Wildman–Crippen LogP) is 4.55. The number of aromatic nitrogens is 3. The number of carbonyl (C=O) groups excluding carboxylic acids is 2. The second-order valence-electron chi connectivity index (χ2n) is 8.06. The van der Waals surface area contributed by atoms with E-state index in [9.17, 15) is 9.59 Å². The quantitative estimate of drug-likeness (QED) is 0.605. The van der Waals surface area contributed by atoms with Gasteiger partial charge in [-0.2, -0.15) is 5.10 Å². The molecule has 0 bridgehead atoms. The van der Waals surface area contributed by atoms with Crippen LogP contribution in [0.3, 0.4) is 0 Å². The van der Waals surface area contributed by atoms with Crippen LogP contribution in [0, 0.1) is 13.8 Å². The molecule has 3 aromatic rings. The number of rotatable bonds is 6. The number of esters is 1. The Morgan fingerprint density at radius 3 is 2.40 bits per heavy atom. The maximum Gasteiger partial charge on any atom is 0.339 e. The number of carbonyl (C=O) groups is 2. The highest BCUT2D eigenvalue weighted by molar-refractivity contribution is 6.04. The summed E-state index contributed by atoms with van der Waals surface area (Å²) in [5, 5.41) is 7.82. The van der Waals surface area contributed by atoms with Crippen molar-refractivity contribution in [1.82, 2.24) is 14.8 Å². The number of aryl methyl sites for hydroxylation is 2. The predicted molar refractivity (Wildman–Crippen MR) is 117 cm³/mol. The lowest BCUT2D eigenvalue weighted by Crippen LogP contribution is -2.22. The molecule has 0 aliphatic rings. The number of pyridine rings is 1. The molecule has 0 aliphatic heterocycles. The third kappa shape index (κ3) is 4.35. The molecule has 0 radical (unpaired) electrons. The Labute approximate surface area is 176 Å². The molecule has 7 heteroatoms. The van der Waals surface area contributed by atoms with E-state index in [2.05, 4.69) is 15.4 Å². The van der Waals surface area contributed by atoms with E-state index >= 15 is 0 Å². The molecule has 3 rings (SSSR count). The SMILES string of the molecule is Cc1cccc(C)c1NC(=O)COC(=O)c1cc(C(C)C)nc2c1cnn2C(C)C. The van der Waals surface area contributed by atoms with Gasteiger partial charge in [-0.05, 0) is 50.8 Å². The Hall–Kier alpha value is -3.22. The van der Waals surface area contributed by atoms with Crippen molar-refractivity contribution in [1.29, 1.82) is 0 Å². The average Bonchev–Trinajstić information content (AvgIpc) is 3.12. The molecule has 2 heterocycles. The Bertz CT molecular complexity index is 1080. The van der Waals surface area contributed by atoms with Crippen LogP contribution in [-0.4, -0.2) is 33.2 Å². The normalized spacial score (nSPS) is 11.3. The van der Waals surface area contributed by atoms with E-state index in [1.807, 2.05) is 59.7 Å². The van der Waals surface area contributed by atoms with Crippen LogP contribution in [-0.2, 0) is 9.53 Å². The third-order valence-electron chi connectivity index (χ3n) is 4.97. The van der Waals surface area contributed by atoms with Crippen LogP contribution < -0.4 is 5.32 Å². The maximum atomic E-state index is 12.8. The minimum absolute atomic E-state index is 0.101. The average molecular weight is 409 g/mol. The van der Waals surface area contributed by atoms with Crippen LogP contribution in [0.1, 0.15) is 66.8 Å². The van der Waals surface area contributed by atoms with Gasteiger partial charge < -0.3 is 10.1 Å². The molecule has 0 saturated heterocycles. The number of para-hydroxylation sites is 1. The topological polar surface area (TPSA) is 86.1 Å². The fourth-order valence-corrected chi connectivity index (χ4v) is 3.28. The smallest absolute Gasteiger partial charge is 0.339 e. The first-order valence-corrected chi connectivity index (χ1v) is 10.1. The van der Waals surface area contributed by atoms with Crippen LogP contribution in [0.5, 0.6) is 0 Å². The molecule has 30 heavy (non-hydrogen) atoms. The highest BCUT2D eigenvalue weighted by atomic mass is 16.5. The Balaban J connectivity index is 1.82. The van der Waals surface area contributed by atoms with Crippen molar-refractivity contribution in [3.8, 4) is 0 Å². The summed E-state index contributed by atoms with van der Waals surface area (Å²) in [7, 11) is 0. The van der Waals surface area contributed by atoms with Gasteiger partial charge in [-0.1, -0.05) is 32.0 Å². The Kier molecular flexibility index (Phi) is 6.20. The van der Waals surface area contributed by atoms with E-state index in [0.717, 1.165) is 22.5 Å². The highest BCUT2D eigenvalue weighted by Gasteiger charge is 2.21. The van der Waals surface area contributed by atoms with Gasteiger partial charge in [-0.25, -0.2) is 14.5 Å². The molecular formula is C23H28N4O3. The van der Waals surface area contributed by atoms with E-state index in [4.69, 9.17) is 4.74 Å². The number of hydrogen-bond donors (Lipinski definition) is 1. The first-order valence-electron chi connectivity index (χ1n) is 10.1. The van der Waals surface area contributed by atoms with Gasteiger partial charge in [-0.15, -0.1) is 0 Å². The zero-order valence-electron chi connectivity index (χ0n) is 18.3. The Morgan fingerprint density at radius 2 is 1.80 bits per heavy atom. The van der Waals surface area contributed by atoms with E-state index in [0.29, 0.717) is 16.6 Å². The van der Waals surface area contributed by atoms with Crippen LogP contribution >= 0.6 is 0 Å². The van der Waals surface area contributed by atoms with Crippen LogP contribution in [0.25, 0.3) is 11.0 Å². The summed E-state index contributed by atoms with van der Waals surface area (Å²) in [4.78, 5) is 29.9. The van der Waals surface area contributed by atoms with Crippen molar-refractivity contribution >= 4 is 28.6 Å². The third-order valence-corrected chi connectivity index (χ3v) is 4.97. The fourth-order valence-electron chi connectivity index (χ4n) is 3.28. The summed E-state index contributed by atoms with van der Waals surface area (Å²) in [6.45, 7) is 11.5. The number of nitrogens with one attached hydrogen (secondary N) is 1. The lowest BCUT2D eigenvalue weighted by molar-refractivity contribution is -0.119. The number of benzene rings is 1. The summed E-state index contributed by atoms with van der Waals surface area (Å²) in [6, 6.07) is 7.60. The van der Waals surface area contributed by atoms with E-state index in [1.54, 1.807) is 16.9 Å². The van der Waals surface area contributed by atoms with E-state index in [1.165, 1.54) is 0 Å². The molecule has 0 atom stereocenters. The van der Waals surface area contributed by atoms with Gasteiger partial charge in [0, 0.05) is 17.4 Å². The summed E-state index contributed by atoms with van der Waals surface area (Å²) in [5.74, 6) is -0.818. The molecule has 0 unspecified atom stereocenters. The monoisotopic (exact) mass is 408 g/mol. The van der Waals surface area contributed by atoms with Gasteiger partial charge in [-0.3, -0.25) is 4.79 Å². The molecule has 0 fully saturated rings. The maximum absolute atomic E-state index is 12.8. The summed E-state index contributed by atoms with van der Waals surface area (Å²) >= 11 is 0. The van der Waals surface area contributed by atoms with E-state index in [-0.39, 0.29) is 24.5 Å². The van der Waals surface area contributed by atoms with Gasteiger partial charge in [0.05, 0.1) is 17.1 Å². The van der Waals surface area contributed by atoms with Gasteiger partial charge >= 0.3 is 5.97 Å². The number of hydrogen-bond acceptors (Lipinski definition) is 5. The highest BCUT2D eigenvalue weighted by Crippen LogP contribution is 2.25. The molecule has 0 saturated carbocycles. The van der Waals surface area contributed by atoms with Crippen LogP contribution in [0.2, 0.25) is 0 Å². The fraction of sp³-hybridized carbons (Fsp3) is 0.391. The number of anilines is 1. The van der Waals surface area contributed by atoms with Gasteiger partial charge in [0.2, 0.25) is 0 Å². The van der Waals surface area contributed by atoms with Crippen molar-refractivity contribution in [2.45, 2.75) is 53.5 Å². The molecule has 7 nitrogen and oxygen atoms in total. The summed E-state index contributed by atoms with van der Waals surface area (Å²) in [6.07, 6.45) is 1.62. The van der Waals surface area contributed by atoms with Crippen LogP contribution in [0.4, 0.5) is 5.69 Å². The lowest BCUT2D eigenvalue weighted by Gasteiger charge is -2.13. The van der Waals surface area contributed by atoms with Gasteiger partial charge in [0.15, 0.2) is 12.3 Å². The van der Waals surface area contributed by atoms with Crippen molar-refractivity contribution < 1.29 is 14.3 Å². The second kappa shape index (κ2) is 8.65. The molecule has 1 aromatic carbocycles. The van der Waals surface area contributed by atoms with Gasteiger partial charge in [0.1, 0.15) is 0 Å². The number of amides is 1. The first kappa shape index (κ1) is 21.5.